The normalized spacial score (nSPS) is 10.9. The van der Waals surface area contributed by atoms with Crippen LogP contribution in [0.1, 0.15) is 21.9 Å². The summed E-state index contributed by atoms with van der Waals surface area (Å²) < 4.78 is 47.7. The van der Waals surface area contributed by atoms with Gasteiger partial charge in [-0.25, -0.2) is 8.78 Å². The number of carbonyl (C=O) groups is 1. The van der Waals surface area contributed by atoms with Gasteiger partial charge in [-0.1, -0.05) is 0 Å². The number of rotatable bonds is 8. The Balaban J connectivity index is 1.66. The van der Waals surface area contributed by atoms with E-state index in [1.807, 2.05) is 0 Å². The third-order valence-corrected chi connectivity index (χ3v) is 4.02. The van der Waals surface area contributed by atoms with Crippen LogP contribution >= 0.6 is 0 Å². The van der Waals surface area contributed by atoms with Crippen molar-refractivity contribution in [2.75, 3.05) is 14.2 Å². The van der Waals surface area contributed by atoms with Gasteiger partial charge in [-0.15, -0.1) is 0 Å². The SMILES string of the molecule is COc1ccc(OC)c(C(=O)/C=C/c2ccc(COc3ccc(F)cc3F)o2)c1. The maximum Gasteiger partial charge on any atom is 0.189 e. The van der Waals surface area contributed by atoms with Crippen molar-refractivity contribution in [2.24, 2.45) is 0 Å². The van der Waals surface area contributed by atoms with Gasteiger partial charge in [0.2, 0.25) is 0 Å². The van der Waals surface area contributed by atoms with Crippen molar-refractivity contribution in [3.05, 3.63) is 83.3 Å². The van der Waals surface area contributed by atoms with E-state index in [1.165, 1.54) is 32.4 Å². The molecule has 29 heavy (non-hydrogen) atoms. The second-order valence-electron chi connectivity index (χ2n) is 5.93. The van der Waals surface area contributed by atoms with Crippen LogP contribution in [0, 0.1) is 11.6 Å². The molecule has 0 saturated carbocycles. The first-order chi connectivity index (χ1) is 14.0. The number of methoxy groups -OCH3 is 2. The molecule has 150 valence electrons. The molecule has 1 aromatic heterocycles. The predicted octanol–water partition coefficient (Wildman–Crippen LogP) is 5.05. The molecule has 3 aromatic rings. The molecular formula is C22H18F2O5. The van der Waals surface area contributed by atoms with Crippen molar-refractivity contribution in [3.63, 3.8) is 0 Å². The first-order valence-electron chi connectivity index (χ1n) is 8.61. The first kappa shape index (κ1) is 20.1. The maximum atomic E-state index is 13.6. The predicted molar refractivity (Wildman–Crippen MR) is 102 cm³/mol. The van der Waals surface area contributed by atoms with E-state index >= 15 is 0 Å². The van der Waals surface area contributed by atoms with E-state index in [4.69, 9.17) is 18.6 Å². The largest absolute Gasteiger partial charge is 0.497 e. The summed E-state index contributed by atoms with van der Waals surface area (Å²) in [4.78, 5) is 12.5. The number of allylic oxidation sites excluding steroid dienone is 1. The third kappa shape index (κ3) is 5.01. The van der Waals surface area contributed by atoms with Crippen LogP contribution < -0.4 is 14.2 Å². The Kier molecular flexibility index (Phi) is 6.29. The highest BCUT2D eigenvalue weighted by atomic mass is 19.1. The van der Waals surface area contributed by atoms with Gasteiger partial charge in [0.05, 0.1) is 19.8 Å². The Morgan fingerprint density at radius 2 is 1.79 bits per heavy atom. The molecule has 1 heterocycles. The molecule has 0 fully saturated rings. The highest BCUT2D eigenvalue weighted by Gasteiger charge is 2.12. The molecule has 3 rings (SSSR count). The average molecular weight is 400 g/mol. The van der Waals surface area contributed by atoms with Crippen LogP contribution in [0.25, 0.3) is 6.08 Å². The van der Waals surface area contributed by atoms with Crippen LogP contribution in [-0.2, 0) is 6.61 Å². The number of furan rings is 1. The Bertz CT molecular complexity index is 1040. The van der Waals surface area contributed by atoms with Gasteiger partial charge >= 0.3 is 0 Å². The summed E-state index contributed by atoms with van der Waals surface area (Å²) in [6.07, 6.45) is 2.85. The highest BCUT2D eigenvalue weighted by molar-refractivity contribution is 6.08. The van der Waals surface area contributed by atoms with Crippen molar-refractivity contribution < 1.29 is 32.2 Å². The Morgan fingerprint density at radius 1 is 1.00 bits per heavy atom. The van der Waals surface area contributed by atoms with Crippen LogP contribution in [0.15, 0.2) is 59.0 Å². The highest BCUT2D eigenvalue weighted by Crippen LogP contribution is 2.25. The van der Waals surface area contributed by atoms with E-state index in [0.717, 1.165) is 12.1 Å². The van der Waals surface area contributed by atoms with E-state index in [-0.39, 0.29) is 18.1 Å². The lowest BCUT2D eigenvalue weighted by atomic mass is 10.1. The first-order valence-corrected chi connectivity index (χ1v) is 8.61. The Labute approximate surface area is 166 Å². The summed E-state index contributed by atoms with van der Waals surface area (Å²) in [5, 5.41) is 0. The standard InChI is InChI=1S/C22H18F2O5/c1-26-16-7-10-21(27-2)18(12-16)20(25)8-6-15-4-5-17(29-15)13-28-22-9-3-14(23)11-19(22)24/h3-12H,13H2,1-2H3/b8-6+. The number of benzene rings is 2. The molecule has 0 bridgehead atoms. The number of hydrogen-bond donors (Lipinski definition) is 0. The van der Waals surface area contributed by atoms with Crippen molar-refractivity contribution in [3.8, 4) is 17.2 Å². The second kappa shape index (κ2) is 9.05. The molecule has 0 aliphatic carbocycles. The fourth-order valence-corrected chi connectivity index (χ4v) is 2.56. The van der Waals surface area contributed by atoms with Crippen LogP contribution in [0.5, 0.6) is 17.2 Å². The van der Waals surface area contributed by atoms with Crippen molar-refractivity contribution in [1.82, 2.24) is 0 Å². The monoisotopic (exact) mass is 400 g/mol. The van der Waals surface area contributed by atoms with E-state index in [9.17, 15) is 13.6 Å². The lowest BCUT2D eigenvalue weighted by Crippen LogP contribution is -1.99. The third-order valence-electron chi connectivity index (χ3n) is 4.02. The zero-order valence-electron chi connectivity index (χ0n) is 15.8. The van der Waals surface area contributed by atoms with E-state index in [2.05, 4.69) is 0 Å². The minimum absolute atomic E-state index is 0.0476. The van der Waals surface area contributed by atoms with Gasteiger partial charge < -0.3 is 18.6 Å². The van der Waals surface area contributed by atoms with Gasteiger partial charge in [-0.05, 0) is 54.6 Å². The Morgan fingerprint density at radius 3 is 2.52 bits per heavy atom. The molecule has 0 spiro atoms. The summed E-state index contributed by atoms with van der Waals surface area (Å²) in [5.74, 6) is -0.0582. The lowest BCUT2D eigenvalue weighted by molar-refractivity contribution is 0.104. The van der Waals surface area contributed by atoms with Gasteiger partial charge in [0.25, 0.3) is 0 Å². The number of hydrogen-bond acceptors (Lipinski definition) is 5. The minimum Gasteiger partial charge on any atom is -0.497 e. The van der Waals surface area contributed by atoms with Gasteiger partial charge in [0.15, 0.2) is 17.3 Å². The lowest BCUT2D eigenvalue weighted by Gasteiger charge is -2.07. The molecule has 0 aliphatic heterocycles. The Hall–Kier alpha value is -3.61. The molecule has 2 aromatic carbocycles. The van der Waals surface area contributed by atoms with E-state index in [0.29, 0.717) is 28.6 Å². The van der Waals surface area contributed by atoms with Gasteiger partial charge in [-0.2, -0.15) is 0 Å². The summed E-state index contributed by atoms with van der Waals surface area (Å²) in [6.45, 7) is -0.0476. The number of ether oxygens (including phenoxy) is 3. The van der Waals surface area contributed by atoms with Gasteiger partial charge in [0.1, 0.15) is 35.4 Å². The minimum atomic E-state index is -0.797. The molecule has 0 aliphatic rings. The van der Waals surface area contributed by atoms with Crippen LogP contribution in [0.3, 0.4) is 0 Å². The fraction of sp³-hybridized carbons (Fsp3) is 0.136. The molecular weight excluding hydrogens is 382 g/mol. The molecule has 0 saturated heterocycles. The molecule has 0 unspecified atom stereocenters. The van der Waals surface area contributed by atoms with E-state index in [1.54, 1.807) is 30.3 Å². The van der Waals surface area contributed by atoms with Crippen molar-refractivity contribution in [1.29, 1.82) is 0 Å². The smallest absolute Gasteiger partial charge is 0.189 e. The molecule has 0 amide bonds. The van der Waals surface area contributed by atoms with Crippen LogP contribution in [0.2, 0.25) is 0 Å². The topological polar surface area (TPSA) is 57.9 Å². The van der Waals surface area contributed by atoms with Crippen molar-refractivity contribution in [2.45, 2.75) is 6.61 Å². The molecule has 0 N–H and O–H groups in total. The average Bonchev–Trinajstić information content (AvgIpc) is 3.18. The van der Waals surface area contributed by atoms with E-state index < -0.39 is 11.6 Å². The number of carbonyl (C=O) groups excluding carboxylic acids is 1. The second-order valence-corrected chi connectivity index (χ2v) is 5.93. The molecule has 5 nitrogen and oxygen atoms in total. The zero-order valence-corrected chi connectivity index (χ0v) is 15.8. The molecule has 7 heteroatoms. The summed E-state index contributed by atoms with van der Waals surface area (Å²) in [7, 11) is 2.99. The maximum absolute atomic E-state index is 13.6. The fourth-order valence-electron chi connectivity index (χ4n) is 2.56. The summed E-state index contributed by atoms with van der Waals surface area (Å²) >= 11 is 0. The van der Waals surface area contributed by atoms with Crippen molar-refractivity contribution >= 4 is 11.9 Å². The zero-order chi connectivity index (χ0) is 20.8. The summed E-state index contributed by atoms with van der Waals surface area (Å²) in [6, 6.07) is 11.3. The number of halogens is 2. The quantitative estimate of drug-likeness (QED) is 0.391. The molecule has 0 atom stereocenters. The van der Waals surface area contributed by atoms with Crippen LogP contribution in [0.4, 0.5) is 8.78 Å². The van der Waals surface area contributed by atoms with Gasteiger partial charge in [-0.3, -0.25) is 4.79 Å². The molecule has 0 radical (unpaired) electrons. The van der Waals surface area contributed by atoms with Crippen LogP contribution in [-0.4, -0.2) is 20.0 Å². The number of ketones is 1. The van der Waals surface area contributed by atoms with Gasteiger partial charge in [0, 0.05) is 6.07 Å². The summed E-state index contributed by atoms with van der Waals surface area (Å²) in [5.41, 5.74) is 0.352.